The van der Waals surface area contributed by atoms with E-state index >= 15 is 0 Å². The molecule has 0 aromatic carbocycles. The average molecular weight is 327 g/mol. The van der Waals surface area contributed by atoms with Crippen LogP contribution in [0.2, 0.25) is 0 Å². The molecule has 0 rings (SSSR count). The molecule has 0 saturated carbocycles. The van der Waals surface area contributed by atoms with Crippen LogP contribution in [0.4, 0.5) is 0 Å². The van der Waals surface area contributed by atoms with E-state index in [1.165, 1.54) is 25.7 Å². The molecule has 0 radical (unpaired) electrons. The number of hydrogen-bond donors (Lipinski definition) is 1. The Morgan fingerprint density at radius 2 is 1.91 bits per heavy atom. The number of carbonyl (C=O) groups excluding carboxylic acids is 1. The van der Waals surface area contributed by atoms with Crippen LogP contribution < -0.4 is 0 Å². The summed E-state index contributed by atoms with van der Waals surface area (Å²) in [4.78, 5) is 11.3. The summed E-state index contributed by atoms with van der Waals surface area (Å²) in [6, 6.07) is 0. The van der Waals surface area contributed by atoms with Crippen molar-refractivity contribution in [1.29, 1.82) is 0 Å². The van der Waals surface area contributed by atoms with Crippen molar-refractivity contribution < 1.29 is 9.53 Å². The molecule has 0 spiro atoms. The summed E-state index contributed by atoms with van der Waals surface area (Å²) in [6.07, 6.45) is 11.8. The Bertz CT molecular complexity index is 358. The zero-order valence-corrected chi connectivity index (χ0v) is 15.9. The first-order valence-electron chi connectivity index (χ1n) is 8.60. The van der Waals surface area contributed by atoms with Crippen molar-refractivity contribution in [3.8, 4) is 0 Å². The highest BCUT2D eigenvalue weighted by Gasteiger charge is 2.12. The number of carbonyl (C=O) groups is 1. The highest BCUT2D eigenvalue weighted by atomic mass is 32.1. The molecule has 0 aliphatic rings. The largest absolute Gasteiger partial charge is 0.463 e. The van der Waals surface area contributed by atoms with Crippen LogP contribution in [-0.4, -0.2) is 17.8 Å². The van der Waals surface area contributed by atoms with Gasteiger partial charge in [0.05, 0.1) is 6.61 Å². The summed E-state index contributed by atoms with van der Waals surface area (Å²) in [5, 5.41) is 0.399. The van der Waals surface area contributed by atoms with E-state index in [2.05, 4.69) is 39.5 Å². The van der Waals surface area contributed by atoms with Crippen molar-refractivity contribution in [2.45, 2.75) is 72.0 Å². The molecule has 0 fully saturated rings. The van der Waals surface area contributed by atoms with Gasteiger partial charge in [-0.2, -0.15) is 12.6 Å². The molecule has 0 amide bonds. The monoisotopic (exact) mass is 326 g/mol. The second-order valence-corrected chi connectivity index (χ2v) is 7.04. The summed E-state index contributed by atoms with van der Waals surface area (Å²) in [7, 11) is 0. The minimum atomic E-state index is -0.266. The second-order valence-electron chi connectivity index (χ2n) is 6.22. The van der Waals surface area contributed by atoms with E-state index in [9.17, 15) is 4.79 Å². The summed E-state index contributed by atoms with van der Waals surface area (Å²) in [5.41, 5.74) is 0.934. The number of hydrogen-bond acceptors (Lipinski definition) is 3. The SMILES string of the molecule is CCOC(=O)C=C(C)C=CCC(CCCC(C)CC)C(C)S. The van der Waals surface area contributed by atoms with Gasteiger partial charge in [-0.15, -0.1) is 0 Å². The first-order valence-corrected chi connectivity index (χ1v) is 9.11. The van der Waals surface area contributed by atoms with Crippen molar-refractivity contribution in [1.82, 2.24) is 0 Å². The molecular formula is C19H34O2S. The highest BCUT2D eigenvalue weighted by Crippen LogP contribution is 2.23. The summed E-state index contributed by atoms with van der Waals surface area (Å²) >= 11 is 4.63. The lowest BCUT2D eigenvalue weighted by Gasteiger charge is -2.19. The van der Waals surface area contributed by atoms with Gasteiger partial charge < -0.3 is 4.74 Å². The molecule has 0 aromatic heterocycles. The Morgan fingerprint density at radius 1 is 1.23 bits per heavy atom. The quantitative estimate of drug-likeness (QED) is 0.232. The Balaban J connectivity index is 4.28. The topological polar surface area (TPSA) is 26.3 Å². The van der Waals surface area contributed by atoms with Crippen LogP contribution in [0.5, 0.6) is 0 Å². The second kappa shape index (κ2) is 12.8. The van der Waals surface area contributed by atoms with Crippen LogP contribution in [-0.2, 0) is 9.53 Å². The lowest BCUT2D eigenvalue weighted by Crippen LogP contribution is -2.11. The maximum absolute atomic E-state index is 11.3. The van der Waals surface area contributed by atoms with Crippen LogP contribution in [0.15, 0.2) is 23.8 Å². The molecule has 0 heterocycles. The average Bonchev–Trinajstić information content (AvgIpc) is 2.45. The molecule has 3 atom stereocenters. The first-order chi connectivity index (χ1) is 10.4. The van der Waals surface area contributed by atoms with Crippen molar-refractivity contribution in [3.63, 3.8) is 0 Å². The molecule has 3 unspecified atom stereocenters. The maximum atomic E-state index is 11.3. The van der Waals surface area contributed by atoms with Crippen molar-refractivity contribution in [3.05, 3.63) is 23.8 Å². The number of ether oxygens (including phenoxy) is 1. The Hall–Kier alpha value is -0.700. The molecule has 0 N–H and O–H groups in total. The number of allylic oxidation sites excluding steroid dienone is 3. The molecule has 3 heteroatoms. The van der Waals surface area contributed by atoms with Gasteiger partial charge in [-0.3, -0.25) is 0 Å². The third-order valence-electron chi connectivity index (χ3n) is 4.10. The van der Waals surface area contributed by atoms with E-state index in [1.807, 2.05) is 19.9 Å². The molecular weight excluding hydrogens is 292 g/mol. The Kier molecular flexibility index (Phi) is 12.4. The zero-order valence-electron chi connectivity index (χ0n) is 15.0. The fraction of sp³-hybridized carbons (Fsp3) is 0.737. The fourth-order valence-electron chi connectivity index (χ4n) is 2.34. The predicted octanol–water partition coefficient (Wildman–Crippen LogP) is 5.59. The van der Waals surface area contributed by atoms with Gasteiger partial charge in [-0.05, 0) is 44.1 Å². The molecule has 0 aliphatic heterocycles. The fourth-order valence-corrected chi connectivity index (χ4v) is 2.61. The normalized spacial score (nSPS) is 16.5. The summed E-state index contributed by atoms with van der Waals surface area (Å²) in [5.74, 6) is 1.15. The molecule has 2 nitrogen and oxygen atoms in total. The van der Waals surface area contributed by atoms with Crippen LogP contribution in [0, 0.1) is 11.8 Å². The van der Waals surface area contributed by atoms with Gasteiger partial charge in [-0.25, -0.2) is 4.79 Å². The minimum absolute atomic E-state index is 0.266. The predicted molar refractivity (Wildman–Crippen MR) is 99.4 cm³/mol. The number of rotatable bonds is 11. The smallest absolute Gasteiger partial charge is 0.330 e. The van der Waals surface area contributed by atoms with Crippen molar-refractivity contribution >= 4 is 18.6 Å². The molecule has 0 aliphatic carbocycles. The zero-order chi connectivity index (χ0) is 17.0. The lowest BCUT2D eigenvalue weighted by atomic mass is 9.92. The molecule has 0 saturated heterocycles. The third kappa shape index (κ3) is 10.9. The van der Waals surface area contributed by atoms with E-state index < -0.39 is 0 Å². The van der Waals surface area contributed by atoms with E-state index in [1.54, 1.807) is 6.08 Å². The van der Waals surface area contributed by atoms with Gasteiger partial charge in [0.1, 0.15) is 0 Å². The van der Waals surface area contributed by atoms with E-state index in [0.29, 0.717) is 17.8 Å². The summed E-state index contributed by atoms with van der Waals surface area (Å²) in [6.45, 7) is 10.9. The van der Waals surface area contributed by atoms with Gasteiger partial charge in [-0.1, -0.05) is 52.2 Å². The molecule has 0 aromatic rings. The van der Waals surface area contributed by atoms with Crippen molar-refractivity contribution in [2.24, 2.45) is 11.8 Å². The maximum Gasteiger partial charge on any atom is 0.330 e. The highest BCUT2D eigenvalue weighted by molar-refractivity contribution is 7.80. The van der Waals surface area contributed by atoms with Crippen LogP contribution in [0.1, 0.15) is 66.7 Å². The van der Waals surface area contributed by atoms with E-state index in [-0.39, 0.29) is 5.97 Å². The standard InChI is InChI=1S/C19H34O2S/c1-6-15(3)10-8-12-18(17(5)22)13-9-11-16(4)14-19(20)21-7-2/h9,11,14-15,17-18,22H,6-8,10,12-13H2,1-5H3. The molecule has 0 bridgehead atoms. The third-order valence-corrected chi connectivity index (χ3v) is 4.52. The summed E-state index contributed by atoms with van der Waals surface area (Å²) < 4.78 is 4.90. The van der Waals surface area contributed by atoms with Gasteiger partial charge >= 0.3 is 5.97 Å². The Labute approximate surface area is 142 Å². The van der Waals surface area contributed by atoms with Crippen LogP contribution >= 0.6 is 12.6 Å². The van der Waals surface area contributed by atoms with Gasteiger partial charge in [0.15, 0.2) is 0 Å². The van der Waals surface area contributed by atoms with E-state index in [0.717, 1.165) is 17.9 Å². The van der Waals surface area contributed by atoms with E-state index in [4.69, 9.17) is 4.74 Å². The van der Waals surface area contributed by atoms with Crippen LogP contribution in [0.3, 0.4) is 0 Å². The van der Waals surface area contributed by atoms with Gasteiger partial charge in [0.25, 0.3) is 0 Å². The Morgan fingerprint density at radius 3 is 2.45 bits per heavy atom. The lowest BCUT2D eigenvalue weighted by molar-refractivity contribution is -0.137. The first kappa shape index (κ1) is 21.3. The van der Waals surface area contributed by atoms with Gasteiger partial charge in [0.2, 0.25) is 0 Å². The minimum Gasteiger partial charge on any atom is -0.463 e. The number of thiol groups is 1. The van der Waals surface area contributed by atoms with Crippen molar-refractivity contribution in [2.75, 3.05) is 6.61 Å². The number of esters is 1. The molecule has 22 heavy (non-hydrogen) atoms. The van der Waals surface area contributed by atoms with Gasteiger partial charge in [0, 0.05) is 11.3 Å². The molecule has 128 valence electrons. The van der Waals surface area contributed by atoms with Crippen LogP contribution in [0.25, 0.3) is 0 Å².